The summed E-state index contributed by atoms with van der Waals surface area (Å²) in [6, 6.07) is 10.9. The van der Waals surface area contributed by atoms with Crippen molar-refractivity contribution in [1.82, 2.24) is 4.90 Å². The van der Waals surface area contributed by atoms with Gasteiger partial charge in [0.25, 0.3) is 11.8 Å². The predicted molar refractivity (Wildman–Crippen MR) is 125 cm³/mol. The molecule has 33 heavy (non-hydrogen) atoms. The van der Waals surface area contributed by atoms with Gasteiger partial charge in [-0.3, -0.25) is 19.3 Å². The van der Waals surface area contributed by atoms with E-state index in [1.165, 1.54) is 4.90 Å². The number of rotatable bonds is 6. The first kappa shape index (κ1) is 22.6. The molecular weight excluding hydrogens is 422 g/mol. The van der Waals surface area contributed by atoms with E-state index in [0.717, 1.165) is 43.5 Å². The number of carbonyl (C=O) groups is 3. The topological polar surface area (TPSA) is 88.2 Å². The molecule has 1 N–H and O–H groups in total. The number of hydrogen-bond donors (Lipinski definition) is 1. The zero-order valence-electron chi connectivity index (χ0n) is 19.1. The second kappa shape index (κ2) is 9.94. The van der Waals surface area contributed by atoms with Crippen LogP contribution in [0.5, 0.6) is 11.5 Å². The summed E-state index contributed by atoms with van der Waals surface area (Å²) in [4.78, 5) is 41.0. The second-order valence-corrected chi connectivity index (χ2v) is 8.50. The lowest BCUT2D eigenvalue weighted by molar-refractivity contribution is -0.132. The van der Waals surface area contributed by atoms with Crippen molar-refractivity contribution < 1.29 is 23.9 Å². The quantitative estimate of drug-likeness (QED) is 0.729. The summed E-state index contributed by atoms with van der Waals surface area (Å²) in [5, 5.41) is 2.80. The Kier molecular flexibility index (Phi) is 6.82. The Labute approximate surface area is 193 Å². The zero-order valence-corrected chi connectivity index (χ0v) is 19.1. The smallest absolute Gasteiger partial charge is 0.265 e. The van der Waals surface area contributed by atoms with Crippen LogP contribution in [0.25, 0.3) is 0 Å². The van der Waals surface area contributed by atoms with Gasteiger partial charge in [0.05, 0.1) is 5.69 Å². The van der Waals surface area contributed by atoms with Crippen LogP contribution in [0.15, 0.2) is 36.4 Å². The van der Waals surface area contributed by atoms with Gasteiger partial charge in [-0.1, -0.05) is 12.1 Å². The van der Waals surface area contributed by atoms with Crippen LogP contribution in [0.1, 0.15) is 30.4 Å². The van der Waals surface area contributed by atoms with Crippen LogP contribution in [-0.2, 0) is 14.4 Å². The number of amides is 3. The molecule has 3 amide bonds. The van der Waals surface area contributed by atoms with Crippen molar-refractivity contribution in [2.75, 3.05) is 43.1 Å². The SMILES string of the molecule is Cc1ccc(C)c(OCC(=O)Nc2ccc3c(c2)N(CC(=O)N2CCCCC2)C(=O)CO3)c1. The Hall–Kier alpha value is -3.55. The number of piperidine rings is 1. The average Bonchev–Trinajstić information content (AvgIpc) is 2.82. The lowest BCUT2D eigenvalue weighted by Gasteiger charge is -2.33. The predicted octanol–water partition coefficient (Wildman–Crippen LogP) is 3.06. The van der Waals surface area contributed by atoms with Crippen molar-refractivity contribution >= 4 is 29.1 Å². The number of hydrogen-bond acceptors (Lipinski definition) is 5. The van der Waals surface area contributed by atoms with Gasteiger partial charge in [-0.2, -0.15) is 0 Å². The molecule has 0 saturated carbocycles. The van der Waals surface area contributed by atoms with E-state index in [4.69, 9.17) is 9.47 Å². The van der Waals surface area contributed by atoms with Crippen LogP contribution in [0, 0.1) is 13.8 Å². The molecule has 8 heteroatoms. The zero-order chi connectivity index (χ0) is 23.4. The summed E-state index contributed by atoms with van der Waals surface area (Å²) in [6.45, 7) is 5.03. The molecule has 1 saturated heterocycles. The highest BCUT2D eigenvalue weighted by Gasteiger charge is 2.29. The molecule has 0 spiro atoms. The fourth-order valence-electron chi connectivity index (χ4n) is 4.03. The van der Waals surface area contributed by atoms with Crippen LogP contribution in [0.2, 0.25) is 0 Å². The first-order valence-electron chi connectivity index (χ1n) is 11.3. The van der Waals surface area contributed by atoms with E-state index in [0.29, 0.717) is 22.9 Å². The number of anilines is 2. The highest BCUT2D eigenvalue weighted by atomic mass is 16.5. The molecule has 0 atom stereocenters. The molecule has 2 aliphatic rings. The minimum Gasteiger partial charge on any atom is -0.483 e. The minimum atomic E-state index is -0.324. The molecule has 2 aromatic rings. The van der Waals surface area contributed by atoms with Gasteiger partial charge in [0.1, 0.15) is 18.0 Å². The molecule has 2 aliphatic heterocycles. The molecule has 4 rings (SSSR count). The van der Waals surface area contributed by atoms with Crippen molar-refractivity contribution in [2.45, 2.75) is 33.1 Å². The summed E-state index contributed by atoms with van der Waals surface area (Å²) in [5.41, 5.74) is 2.98. The number of aryl methyl sites for hydroxylation is 2. The number of benzene rings is 2. The van der Waals surface area contributed by atoms with Crippen molar-refractivity contribution in [3.05, 3.63) is 47.5 Å². The molecular formula is C25H29N3O5. The fourth-order valence-corrected chi connectivity index (χ4v) is 4.03. The molecule has 0 aromatic heterocycles. The van der Waals surface area contributed by atoms with Crippen LogP contribution < -0.4 is 19.7 Å². The maximum absolute atomic E-state index is 12.8. The molecule has 1 fully saturated rings. The molecule has 2 heterocycles. The Morgan fingerprint density at radius 2 is 1.85 bits per heavy atom. The van der Waals surface area contributed by atoms with E-state index in [2.05, 4.69) is 5.32 Å². The molecule has 174 valence electrons. The minimum absolute atomic E-state index is 0.0393. The maximum atomic E-state index is 12.8. The Balaban J connectivity index is 1.43. The third-order valence-corrected chi connectivity index (χ3v) is 5.89. The van der Waals surface area contributed by atoms with Crippen molar-refractivity contribution in [3.8, 4) is 11.5 Å². The van der Waals surface area contributed by atoms with Gasteiger partial charge in [-0.25, -0.2) is 0 Å². The van der Waals surface area contributed by atoms with Crippen LogP contribution in [0.4, 0.5) is 11.4 Å². The van der Waals surface area contributed by atoms with Crippen molar-refractivity contribution in [2.24, 2.45) is 0 Å². The van der Waals surface area contributed by atoms with Gasteiger partial charge < -0.3 is 19.7 Å². The van der Waals surface area contributed by atoms with Gasteiger partial charge >= 0.3 is 0 Å². The standard InChI is InChI=1S/C25H29N3O5/c1-17-6-7-18(2)22(12-17)32-15-23(29)26-19-8-9-21-20(13-19)28(25(31)16-33-21)14-24(30)27-10-4-3-5-11-27/h6-9,12-13H,3-5,10-11,14-16H2,1-2H3,(H,26,29). The Morgan fingerprint density at radius 1 is 1.06 bits per heavy atom. The van der Waals surface area contributed by atoms with Gasteiger partial charge in [0.15, 0.2) is 13.2 Å². The number of fused-ring (bicyclic) bond motifs is 1. The second-order valence-electron chi connectivity index (χ2n) is 8.50. The van der Waals surface area contributed by atoms with Gasteiger partial charge in [0.2, 0.25) is 5.91 Å². The summed E-state index contributed by atoms with van der Waals surface area (Å²) < 4.78 is 11.2. The first-order valence-corrected chi connectivity index (χ1v) is 11.3. The average molecular weight is 452 g/mol. The van der Waals surface area contributed by atoms with Crippen molar-refractivity contribution in [1.29, 1.82) is 0 Å². The largest absolute Gasteiger partial charge is 0.483 e. The lowest BCUT2D eigenvalue weighted by Crippen LogP contribution is -2.47. The van der Waals surface area contributed by atoms with Crippen LogP contribution in [0.3, 0.4) is 0 Å². The number of carbonyl (C=O) groups excluding carboxylic acids is 3. The summed E-state index contributed by atoms with van der Waals surface area (Å²) in [6.07, 6.45) is 3.10. The molecule has 0 aliphatic carbocycles. The molecule has 8 nitrogen and oxygen atoms in total. The summed E-state index contributed by atoms with van der Waals surface area (Å²) in [7, 11) is 0. The Bertz CT molecular complexity index is 1060. The van der Waals surface area contributed by atoms with E-state index in [9.17, 15) is 14.4 Å². The monoisotopic (exact) mass is 451 g/mol. The maximum Gasteiger partial charge on any atom is 0.265 e. The molecule has 0 radical (unpaired) electrons. The number of ether oxygens (including phenoxy) is 2. The fraction of sp³-hybridized carbons (Fsp3) is 0.400. The number of nitrogens with zero attached hydrogens (tertiary/aromatic N) is 2. The Morgan fingerprint density at radius 3 is 2.64 bits per heavy atom. The first-order chi connectivity index (χ1) is 15.9. The highest BCUT2D eigenvalue weighted by Crippen LogP contribution is 2.34. The van der Waals surface area contributed by atoms with E-state index in [1.807, 2.05) is 36.9 Å². The van der Waals surface area contributed by atoms with Gasteiger partial charge in [-0.15, -0.1) is 0 Å². The summed E-state index contributed by atoms with van der Waals surface area (Å²) >= 11 is 0. The van der Waals surface area contributed by atoms with E-state index in [-0.39, 0.29) is 37.5 Å². The molecule has 0 unspecified atom stereocenters. The lowest BCUT2D eigenvalue weighted by atomic mass is 10.1. The molecule has 0 bridgehead atoms. The van der Waals surface area contributed by atoms with Gasteiger partial charge in [0, 0.05) is 18.8 Å². The van der Waals surface area contributed by atoms with E-state index >= 15 is 0 Å². The molecule has 2 aromatic carbocycles. The third-order valence-electron chi connectivity index (χ3n) is 5.89. The summed E-state index contributed by atoms with van der Waals surface area (Å²) in [5.74, 6) is 0.486. The van der Waals surface area contributed by atoms with Gasteiger partial charge in [-0.05, 0) is 68.5 Å². The number of nitrogens with one attached hydrogen (secondary N) is 1. The van der Waals surface area contributed by atoms with Crippen LogP contribution in [-0.4, -0.2) is 55.5 Å². The van der Waals surface area contributed by atoms with Crippen LogP contribution >= 0.6 is 0 Å². The van der Waals surface area contributed by atoms with Crippen molar-refractivity contribution in [3.63, 3.8) is 0 Å². The van der Waals surface area contributed by atoms with E-state index in [1.54, 1.807) is 18.2 Å². The highest BCUT2D eigenvalue weighted by molar-refractivity contribution is 6.03. The third kappa shape index (κ3) is 5.45. The number of likely N-dealkylation sites (tertiary alicyclic amines) is 1. The normalized spacial score (nSPS) is 15.5. The van der Waals surface area contributed by atoms with E-state index < -0.39 is 0 Å².